The van der Waals surface area contributed by atoms with E-state index in [1.54, 1.807) is 6.07 Å². The Balaban J connectivity index is 2.38. The largest absolute Gasteiger partial charge is 0.494 e. The zero-order chi connectivity index (χ0) is 14.5. The molecule has 0 aliphatic heterocycles. The summed E-state index contributed by atoms with van der Waals surface area (Å²) in [5, 5.41) is 3.22. The van der Waals surface area contributed by atoms with Crippen molar-refractivity contribution < 1.29 is 9.13 Å². The van der Waals surface area contributed by atoms with Gasteiger partial charge in [0.2, 0.25) is 0 Å². The summed E-state index contributed by atoms with van der Waals surface area (Å²) >= 11 is 3.33. The molecular weight excluding hydrogens is 321 g/mol. The van der Waals surface area contributed by atoms with E-state index < -0.39 is 0 Å². The van der Waals surface area contributed by atoms with Gasteiger partial charge < -0.3 is 10.1 Å². The lowest BCUT2D eigenvalue weighted by molar-refractivity contribution is 0.339. The number of rotatable bonds is 5. The molecule has 1 unspecified atom stereocenters. The molecule has 20 heavy (non-hydrogen) atoms. The Hall–Kier alpha value is -1.39. The van der Waals surface area contributed by atoms with Crippen LogP contribution in [0.25, 0.3) is 0 Å². The van der Waals surface area contributed by atoms with E-state index in [0.29, 0.717) is 6.61 Å². The zero-order valence-corrected chi connectivity index (χ0v) is 13.1. The molecule has 0 aromatic heterocycles. The highest BCUT2D eigenvalue weighted by Crippen LogP contribution is 2.27. The first-order chi connectivity index (χ1) is 9.63. The molecule has 1 atom stereocenters. The number of hydrogen-bond donors (Lipinski definition) is 1. The number of hydrogen-bond acceptors (Lipinski definition) is 2. The predicted octanol–water partition coefficient (Wildman–Crippen LogP) is 4.30. The van der Waals surface area contributed by atoms with Crippen LogP contribution in [0.2, 0.25) is 0 Å². The lowest BCUT2D eigenvalue weighted by Gasteiger charge is -2.18. The van der Waals surface area contributed by atoms with E-state index in [-0.39, 0.29) is 11.9 Å². The smallest absolute Gasteiger partial charge is 0.124 e. The van der Waals surface area contributed by atoms with Gasteiger partial charge in [-0.15, -0.1) is 0 Å². The predicted molar refractivity (Wildman–Crippen MR) is 82.6 cm³/mol. The molecular formula is C16H17BrFNO. The minimum atomic E-state index is -0.254. The van der Waals surface area contributed by atoms with Crippen LogP contribution in [0.1, 0.15) is 24.1 Å². The van der Waals surface area contributed by atoms with Gasteiger partial charge in [-0.25, -0.2) is 4.39 Å². The van der Waals surface area contributed by atoms with Crippen LogP contribution in [0.5, 0.6) is 5.75 Å². The molecule has 2 aromatic rings. The Morgan fingerprint density at radius 1 is 1.20 bits per heavy atom. The van der Waals surface area contributed by atoms with E-state index in [9.17, 15) is 4.39 Å². The highest BCUT2D eigenvalue weighted by molar-refractivity contribution is 9.10. The molecule has 0 saturated heterocycles. The first kappa shape index (κ1) is 15.0. The van der Waals surface area contributed by atoms with Gasteiger partial charge in [0.25, 0.3) is 0 Å². The quantitative estimate of drug-likeness (QED) is 0.878. The third kappa shape index (κ3) is 3.58. The summed E-state index contributed by atoms with van der Waals surface area (Å²) in [6.07, 6.45) is 0. The van der Waals surface area contributed by atoms with Gasteiger partial charge in [-0.1, -0.05) is 28.1 Å². The molecule has 0 fully saturated rings. The summed E-state index contributed by atoms with van der Waals surface area (Å²) in [4.78, 5) is 0. The molecule has 1 N–H and O–H groups in total. The van der Waals surface area contributed by atoms with Crippen molar-refractivity contribution in [1.29, 1.82) is 0 Å². The van der Waals surface area contributed by atoms with Crippen LogP contribution in [-0.2, 0) is 0 Å². The summed E-state index contributed by atoms with van der Waals surface area (Å²) in [6.45, 7) is 2.57. The summed E-state index contributed by atoms with van der Waals surface area (Å²) in [7, 11) is 1.86. The summed E-state index contributed by atoms with van der Waals surface area (Å²) < 4.78 is 19.8. The van der Waals surface area contributed by atoms with E-state index in [0.717, 1.165) is 21.3 Å². The van der Waals surface area contributed by atoms with E-state index in [1.807, 2.05) is 44.3 Å². The topological polar surface area (TPSA) is 21.3 Å². The third-order valence-corrected chi connectivity index (χ3v) is 3.47. The Morgan fingerprint density at radius 3 is 2.65 bits per heavy atom. The van der Waals surface area contributed by atoms with Gasteiger partial charge in [-0.05, 0) is 55.4 Å². The lowest BCUT2D eigenvalue weighted by atomic mass is 9.98. The number of ether oxygens (including phenoxy) is 1. The van der Waals surface area contributed by atoms with Gasteiger partial charge >= 0.3 is 0 Å². The third-order valence-electron chi connectivity index (χ3n) is 3.01. The fourth-order valence-electron chi connectivity index (χ4n) is 2.22. The number of nitrogens with one attached hydrogen (secondary N) is 1. The first-order valence-corrected chi connectivity index (χ1v) is 7.29. The van der Waals surface area contributed by atoms with Crippen molar-refractivity contribution in [1.82, 2.24) is 5.32 Å². The summed E-state index contributed by atoms with van der Waals surface area (Å²) in [6, 6.07) is 12.7. The average Bonchev–Trinajstić information content (AvgIpc) is 2.39. The van der Waals surface area contributed by atoms with Gasteiger partial charge in [0.05, 0.1) is 12.6 Å². The zero-order valence-electron chi connectivity index (χ0n) is 11.5. The molecule has 0 spiro atoms. The fraction of sp³-hybridized carbons (Fsp3) is 0.250. The van der Waals surface area contributed by atoms with Gasteiger partial charge in [0.1, 0.15) is 11.6 Å². The van der Waals surface area contributed by atoms with Crippen LogP contribution in [-0.4, -0.2) is 13.7 Å². The van der Waals surface area contributed by atoms with Gasteiger partial charge in [0.15, 0.2) is 0 Å². The molecule has 0 bridgehead atoms. The first-order valence-electron chi connectivity index (χ1n) is 6.50. The second-order valence-electron chi connectivity index (χ2n) is 4.43. The maximum atomic E-state index is 13.6. The molecule has 0 saturated carbocycles. The van der Waals surface area contributed by atoms with E-state index in [1.165, 1.54) is 6.07 Å². The van der Waals surface area contributed by atoms with Crippen molar-refractivity contribution in [2.45, 2.75) is 13.0 Å². The van der Waals surface area contributed by atoms with Crippen LogP contribution in [0, 0.1) is 5.82 Å². The van der Waals surface area contributed by atoms with Crippen LogP contribution >= 0.6 is 15.9 Å². The van der Waals surface area contributed by atoms with E-state index in [2.05, 4.69) is 21.2 Å². The minimum absolute atomic E-state index is 0.0811. The van der Waals surface area contributed by atoms with Crippen molar-refractivity contribution in [3.8, 4) is 5.75 Å². The lowest BCUT2D eigenvalue weighted by Crippen LogP contribution is -2.18. The van der Waals surface area contributed by atoms with Crippen molar-refractivity contribution in [3.63, 3.8) is 0 Å². The highest BCUT2D eigenvalue weighted by Gasteiger charge is 2.14. The van der Waals surface area contributed by atoms with Crippen LogP contribution in [0.15, 0.2) is 46.9 Å². The van der Waals surface area contributed by atoms with Crippen molar-refractivity contribution >= 4 is 15.9 Å². The maximum absolute atomic E-state index is 13.6. The normalized spacial score (nSPS) is 12.2. The second-order valence-corrected chi connectivity index (χ2v) is 5.35. The summed E-state index contributed by atoms with van der Waals surface area (Å²) in [5.41, 5.74) is 1.91. The molecule has 2 nitrogen and oxygen atoms in total. The minimum Gasteiger partial charge on any atom is -0.494 e. The van der Waals surface area contributed by atoms with Gasteiger partial charge in [0, 0.05) is 4.47 Å². The van der Waals surface area contributed by atoms with Gasteiger partial charge in [-0.3, -0.25) is 0 Å². The van der Waals surface area contributed by atoms with E-state index >= 15 is 0 Å². The van der Waals surface area contributed by atoms with Crippen LogP contribution in [0.3, 0.4) is 0 Å². The molecule has 0 aliphatic carbocycles. The molecule has 106 valence electrons. The Kier molecular flexibility index (Phi) is 5.15. The van der Waals surface area contributed by atoms with Crippen molar-refractivity contribution in [2.75, 3.05) is 13.7 Å². The summed E-state index contributed by atoms with van der Waals surface area (Å²) in [5.74, 6) is 0.566. The Morgan fingerprint density at radius 2 is 2.00 bits per heavy atom. The number of benzene rings is 2. The van der Waals surface area contributed by atoms with Crippen LogP contribution in [0.4, 0.5) is 4.39 Å². The fourth-order valence-corrected chi connectivity index (χ4v) is 2.70. The standard InChI is InChI=1S/C16H17BrFNO/c1-3-20-15-6-4-5-11(9-15)16(19-2)12-7-13(17)10-14(18)8-12/h4-10,16,19H,3H2,1-2H3. The van der Waals surface area contributed by atoms with Crippen molar-refractivity contribution in [3.05, 3.63) is 63.9 Å². The molecule has 4 heteroatoms. The maximum Gasteiger partial charge on any atom is 0.124 e. The Labute approximate surface area is 127 Å². The molecule has 0 radical (unpaired) electrons. The van der Waals surface area contributed by atoms with Gasteiger partial charge in [-0.2, -0.15) is 0 Å². The second kappa shape index (κ2) is 6.86. The molecule has 2 rings (SSSR count). The van der Waals surface area contributed by atoms with E-state index in [4.69, 9.17) is 4.74 Å². The molecule has 0 heterocycles. The molecule has 0 amide bonds. The van der Waals surface area contributed by atoms with Crippen LogP contribution < -0.4 is 10.1 Å². The molecule has 0 aliphatic rings. The monoisotopic (exact) mass is 337 g/mol. The number of halogens is 2. The SMILES string of the molecule is CCOc1cccc(C(NC)c2cc(F)cc(Br)c2)c1. The van der Waals surface area contributed by atoms with Crippen molar-refractivity contribution in [2.24, 2.45) is 0 Å². The average molecular weight is 338 g/mol. The Bertz CT molecular complexity index is 568. The molecule has 2 aromatic carbocycles. The highest BCUT2D eigenvalue weighted by atomic mass is 79.9.